The summed E-state index contributed by atoms with van der Waals surface area (Å²) in [6, 6.07) is 9.25. The molecule has 2 aliphatic heterocycles. The SMILES string of the molecule is O=C(O)c1nc2ccccc2n(C2CC3CCCC(C2)N3C2C[C@@H]3CCC[C@@H](C2)C3)c1=O. The number of hydrogen-bond donors (Lipinski definition) is 1. The number of piperidine rings is 2. The summed E-state index contributed by atoms with van der Waals surface area (Å²) < 4.78 is 1.78. The molecule has 32 heavy (non-hydrogen) atoms. The molecule has 0 amide bonds. The molecule has 170 valence electrons. The van der Waals surface area contributed by atoms with Crippen molar-refractivity contribution in [2.75, 3.05) is 0 Å². The van der Waals surface area contributed by atoms with E-state index in [0.29, 0.717) is 23.6 Å². The van der Waals surface area contributed by atoms with Gasteiger partial charge in [-0.05, 0) is 68.9 Å². The minimum absolute atomic E-state index is 0.0446. The molecule has 1 aromatic heterocycles. The molecule has 4 atom stereocenters. The van der Waals surface area contributed by atoms with Crippen molar-refractivity contribution >= 4 is 17.0 Å². The number of benzene rings is 1. The number of fused-ring (bicyclic) bond motifs is 5. The lowest BCUT2D eigenvalue weighted by atomic mass is 9.68. The third-order valence-electron chi connectivity index (χ3n) is 8.89. The van der Waals surface area contributed by atoms with Gasteiger partial charge in [-0.15, -0.1) is 0 Å². The smallest absolute Gasteiger partial charge is 0.360 e. The van der Waals surface area contributed by atoms with E-state index >= 15 is 0 Å². The highest BCUT2D eigenvalue weighted by Crippen LogP contribution is 2.47. The van der Waals surface area contributed by atoms with Crippen LogP contribution < -0.4 is 5.56 Å². The van der Waals surface area contributed by atoms with Crippen molar-refractivity contribution in [3.05, 3.63) is 40.3 Å². The molecule has 4 aliphatic rings. The highest BCUT2D eigenvalue weighted by molar-refractivity contribution is 5.88. The Labute approximate surface area is 188 Å². The van der Waals surface area contributed by atoms with E-state index in [1.165, 1.54) is 57.8 Å². The second-order valence-electron chi connectivity index (χ2n) is 10.8. The molecule has 2 aromatic rings. The fraction of sp³-hybridized carbons (Fsp3) is 0.654. The Morgan fingerprint density at radius 3 is 2.19 bits per heavy atom. The van der Waals surface area contributed by atoms with Gasteiger partial charge in [-0.2, -0.15) is 0 Å². The first-order chi connectivity index (χ1) is 15.6. The summed E-state index contributed by atoms with van der Waals surface area (Å²) in [5.41, 5.74) is 0.569. The maximum Gasteiger partial charge on any atom is 0.360 e. The van der Waals surface area contributed by atoms with Crippen molar-refractivity contribution in [2.45, 2.75) is 94.8 Å². The van der Waals surface area contributed by atoms with E-state index in [0.717, 1.165) is 30.2 Å². The highest BCUT2D eigenvalue weighted by atomic mass is 16.4. The van der Waals surface area contributed by atoms with Crippen LogP contribution in [0.5, 0.6) is 0 Å². The summed E-state index contributed by atoms with van der Waals surface area (Å²) in [5, 5.41) is 9.62. The van der Waals surface area contributed by atoms with Gasteiger partial charge in [0.2, 0.25) is 5.69 Å². The van der Waals surface area contributed by atoms with Gasteiger partial charge in [-0.25, -0.2) is 9.78 Å². The van der Waals surface area contributed by atoms with Crippen LogP contribution in [0.15, 0.2) is 29.1 Å². The normalized spacial score (nSPS) is 35.0. The van der Waals surface area contributed by atoms with E-state index in [-0.39, 0.29) is 11.7 Å². The first-order valence-electron chi connectivity index (χ1n) is 12.6. The molecule has 2 aliphatic carbocycles. The summed E-state index contributed by atoms with van der Waals surface area (Å²) in [6.45, 7) is 0. The average Bonchev–Trinajstić information content (AvgIpc) is 2.77. The van der Waals surface area contributed by atoms with E-state index in [1.54, 1.807) is 4.57 Å². The lowest BCUT2D eigenvalue weighted by Crippen LogP contribution is -2.58. The van der Waals surface area contributed by atoms with Crippen molar-refractivity contribution in [3.63, 3.8) is 0 Å². The first kappa shape index (κ1) is 20.4. The maximum absolute atomic E-state index is 13.3. The zero-order chi connectivity index (χ0) is 21.8. The lowest BCUT2D eigenvalue weighted by Gasteiger charge is -2.55. The minimum Gasteiger partial charge on any atom is -0.476 e. The van der Waals surface area contributed by atoms with Crippen LogP contribution in [-0.4, -0.2) is 43.7 Å². The van der Waals surface area contributed by atoms with Gasteiger partial charge in [0.25, 0.3) is 5.56 Å². The fourth-order valence-corrected chi connectivity index (χ4v) is 7.79. The molecule has 0 radical (unpaired) electrons. The molecule has 2 saturated heterocycles. The molecule has 3 heterocycles. The number of hydrogen-bond acceptors (Lipinski definition) is 4. The predicted octanol–water partition coefficient (Wildman–Crippen LogP) is 4.62. The summed E-state index contributed by atoms with van der Waals surface area (Å²) in [5.74, 6) is 0.590. The monoisotopic (exact) mass is 435 g/mol. The maximum atomic E-state index is 13.3. The number of rotatable bonds is 3. The standard InChI is InChI=1S/C26H33N3O3/c30-25-24(26(31)32)27-22-9-1-2-10-23(22)29(25)21-14-18-7-4-8-19(15-21)28(18)20-12-16-5-3-6-17(11-16)13-20/h1-2,9-10,16-21H,3-8,11-15H2,(H,31,32)/t16-,17-,18?,19?,21?/m1/s1. The summed E-state index contributed by atoms with van der Waals surface area (Å²) in [7, 11) is 0. The van der Waals surface area contributed by atoms with E-state index in [2.05, 4.69) is 9.88 Å². The molecule has 1 aromatic carbocycles. The Morgan fingerprint density at radius 1 is 0.844 bits per heavy atom. The molecule has 2 unspecified atom stereocenters. The first-order valence-corrected chi connectivity index (χ1v) is 12.6. The summed E-state index contributed by atoms with van der Waals surface area (Å²) in [4.78, 5) is 32.1. The van der Waals surface area contributed by atoms with Crippen LogP contribution in [0.4, 0.5) is 0 Å². The van der Waals surface area contributed by atoms with Gasteiger partial charge in [0.15, 0.2) is 0 Å². The number of aromatic carboxylic acids is 1. The Hall–Kier alpha value is -2.21. The largest absolute Gasteiger partial charge is 0.476 e. The Bertz CT molecular complexity index is 1070. The second-order valence-corrected chi connectivity index (χ2v) is 10.8. The Balaban J connectivity index is 1.35. The zero-order valence-corrected chi connectivity index (χ0v) is 18.7. The molecule has 2 saturated carbocycles. The number of carbonyl (C=O) groups is 1. The van der Waals surface area contributed by atoms with Crippen molar-refractivity contribution in [1.82, 2.24) is 14.5 Å². The molecule has 6 heteroatoms. The minimum atomic E-state index is -1.24. The molecular weight excluding hydrogens is 402 g/mol. The van der Waals surface area contributed by atoms with Crippen LogP contribution >= 0.6 is 0 Å². The van der Waals surface area contributed by atoms with Gasteiger partial charge in [0, 0.05) is 24.2 Å². The van der Waals surface area contributed by atoms with Crippen LogP contribution in [0.25, 0.3) is 11.0 Å². The van der Waals surface area contributed by atoms with Gasteiger partial charge in [0.1, 0.15) is 0 Å². The second kappa shape index (κ2) is 7.98. The molecular formula is C26H33N3O3. The van der Waals surface area contributed by atoms with E-state index in [1.807, 2.05) is 24.3 Å². The molecule has 0 spiro atoms. The summed E-state index contributed by atoms with van der Waals surface area (Å²) >= 11 is 0. The molecule has 1 N–H and O–H groups in total. The number of nitrogens with zero attached hydrogens (tertiary/aromatic N) is 3. The van der Waals surface area contributed by atoms with Crippen molar-refractivity contribution in [1.29, 1.82) is 0 Å². The van der Waals surface area contributed by atoms with Gasteiger partial charge in [-0.3, -0.25) is 9.69 Å². The Morgan fingerprint density at radius 2 is 1.50 bits per heavy atom. The van der Waals surface area contributed by atoms with Crippen molar-refractivity contribution in [2.24, 2.45) is 11.8 Å². The van der Waals surface area contributed by atoms with Crippen LogP contribution in [0.2, 0.25) is 0 Å². The van der Waals surface area contributed by atoms with Crippen LogP contribution in [0, 0.1) is 11.8 Å². The Kier molecular flexibility index (Phi) is 5.09. The summed E-state index contributed by atoms with van der Waals surface area (Å²) in [6.07, 6.45) is 13.9. The van der Waals surface area contributed by atoms with E-state index in [4.69, 9.17) is 0 Å². The van der Waals surface area contributed by atoms with Crippen LogP contribution in [0.1, 0.15) is 87.2 Å². The number of aromatic nitrogens is 2. The number of carboxylic acids is 1. The van der Waals surface area contributed by atoms with Gasteiger partial charge >= 0.3 is 5.97 Å². The highest BCUT2D eigenvalue weighted by Gasteiger charge is 2.45. The fourth-order valence-electron chi connectivity index (χ4n) is 7.79. The lowest BCUT2D eigenvalue weighted by molar-refractivity contribution is -0.0486. The third kappa shape index (κ3) is 3.38. The number of carboxylic acid groups (broad SMARTS) is 1. The van der Waals surface area contributed by atoms with Gasteiger partial charge in [0.05, 0.1) is 11.0 Å². The van der Waals surface area contributed by atoms with Gasteiger partial charge < -0.3 is 9.67 Å². The van der Waals surface area contributed by atoms with Crippen molar-refractivity contribution in [3.8, 4) is 0 Å². The zero-order valence-electron chi connectivity index (χ0n) is 18.7. The van der Waals surface area contributed by atoms with E-state index in [9.17, 15) is 14.7 Å². The van der Waals surface area contributed by atoms with Crippen molar-refractivity contribution < 1.29 is 9.90 Å². The van der Waals surface area contributed by atoms with Gasteiger partial charge in [-0.1, -0.05) is 37.8 Å². The molecule has 4 bridgehead atoms. The molecule has 4 fully saturated rings. The van der Waals surface area contributed by atoms with Crippen LogP contribution in [0.3, 0.4) is 0 Å². The third-order valence-corrected chi connectivity index (χ3v) is 8.89. The quantitative estimate of drug-likeness (QED) is 0.761. The molecule has 6 rings (SSSR count). The average molecular weight is 436 g/mol. The molecule has 6 nitrogen and oxygen atoms in total. The predicted molar refractivity (Wildman–Crippen MR) is 123 cm³/mol. The number of para-hydroxylation sites is 2. The topological polar surface area (TPSA) is 75.4 Å². The van der Waals surface area contributed by atoms with Crippen LogP contribution in [-0.2, 0) is 0 Å². The van der Waals surface area contributed by atoms with E-state index < -0.39 is 11.5 Å².